The van der Waals surface area contributed by atoms with Gasteiger partial charge in [0, 0.05) is 24.1 Å². The van der Waals surface area contributed by atoms with E-state index in [9.17, 15) is 0 Å². The van der Waals surface area contributed by atoms with Crippen LogP contribution in [0.3, 0.4) is 0 Å². The summed E-state index contributed by atoms with van der Waals surface area (Å²) in [7, 11) is 0. The van der Waals surface area contributed by atoms with Crippen LogP contribution in [0.1, 0.15) is 29.7 Å². The molecule has 0 atom stereocenters. The Labute approximate surface area is 107 Å². The third kappa shape index (κ3) is 3.11. The predicted molar refractivity (Wildman–Crippen MR) is 67.7 cm³/mol. The first kappa shape index (κ1) is 12.7. The highest BCUT2D eigenvalue weighted by molar-refractivity contribution is 6.17. The van der Waals surface area contributed by atoms with E-state index in [1.165, 1.54) is 0 Å². The lowest BCUT2D eigenvalue weighted by atomic mass is 10.1. The summed E-state index contributed by atoms with van der Waals surface area (Å²) in [5.74, 6) is 1.14. The van der Waals surface area contributed by atoms with E-state index in [0.717, 1.165) is 42.9 Å². The lowest BCUT2D eigenvalue weighted by Crippen LogP contribution is -2.26. The second-order valence-electron chi connectivity index (χ2n) is 4.43. The van der Waals surface area contributed by atoms with Crippen LogP contribution in [0.5, 0.6) is 5.88 Å². The Kier molecular flexibility index (Phi) is 4.24. The maximum atomic E-state index is 5.96. The lowest BCUT2D eigenvalue weighted by molar-refractivity contribution is 0.0233. The molecule has 2 heterocycles. The van der Waals surface area contributed by atoms with Gasteiger partial charge in [-0.05, 0) is 25.5 Å². The molecule has 0 saturated carbocycles. The molecule has 94 valence electrons. The Balaban J connectivity index is 2.18. The Morgan fingerprint density at radius 2 is 2.12 bits per heavy atom. The number of hydrogen-bond donors (Lipinski definition) is 0. The fraction of sp³-hybridized carbons (Fsp3) is 0.615. The van der Waals surface area contributed by atoms with Crippen LogP contribution >= 0.6 is 11.6 Å². The minimum atomic E-state index is 0.208. The highest BCUT2D eigenvalue weighted by atomic mass is 35.5. The van der Waals surface area contributed by atoms with Crippen molar-refractivity contribution in [2.24, 2.45) is 0 Å². The topological polar surface area (TPSA) is 31.4 Å². The van der Waals surface area contributed by atoms with Crippen LogP contribution in [0.15, 0.2) is 6.07 Å². The highest BCUT2D eigenvalue weighted by Crippen LogP contribution is 2.25. The molecular formula is C13H18ClNO2. The smallest absolute Gasteiger partial charge is 0.218 e. The van der Waals surface area contributed by atoms with E-state index in [2.05, 4.69) is 4.98 Å². The molecule has 0 bridgehead atoms. The summed E-state index contributed by atoms with van der Waals surface area (Å²) < 4.78 is 11.3. The SMILES string of the molecule is Cc1cc(C)c(CCl)c(OC2CCOCC2)n1. The normalized spacial score (nSPS) is 17.1. The maximum Gasteiger partial charge on any atom is 0.218 e. The van der Waals surface area contributed by atoms with Gasteiger partial charge in [-0.25, -0.2) is 4.98 Å². The van der Waals surface area contributed by atoms with E-state index in [4.69, 9.17) is 21.1 Å². The van der Waals surface area contributed by atoms with Crippen molar-refractivity contribution in [3.05, 3.63) is 22.9 Å². The summed E-state index contributed by atoms with van der Waals surface area (Å²) in [4.78, 5) is 4.45. The van der Waals surface area contributed by atoms with Crippen LogP contribution in [0.2, 0.25) is 0 Å². The van der Waals surface area contributed by atoms with Crippen molar-refractivity contribution in [2.75, 3.05) is 13.2 Å². The van der Waals surface area contributed by atoms with Gasteiger partial charge in [0.05, 0.1) is 19.1 Å². The van der Waals surface area contributed by atoms with E-state index < -0.39 is 0 Å². The molecule has 0 aromatic carbocycles. The number of alkyl halides is 1. The van der Waals surface area contributed by atoms with E-state index in [0.29, 0.717) is 11.8 Å². The number of pyridine rings is 1. The van der Waals surface area contributed by atoms with Gasteiger partial charge in [-0.15, -0.1) is 11.6 Å². The van der Waals surface area contributed by atoms with Crippen LogP contribution in [-0.4, -0.2) is 24.3 Å². The lowest BCUT2D eigenvalue weighted by Gasteiger charge is -2.24. The average Bonchev–Trinajstić information content (AvgIpc) is 2.30. The molecule has 0 N–H and O–H groups in total. The van der Waals surface area contributed by atoms with E-state index in [1.807, 2.05) is 19.9 Å². The van der Waals surface area contributed by atoms with E-state index in [1.54, 1.807) is 0 Å². The molecule has 1 aliphatic rings. The Morgan fingerprint density at radius 1 is 1.41 bits per heavy atom. The molecule has 17 heavy (non-hydrogen) atoms. The number of nitrogens with zero attached hydrogens (tertiary/aromatic N) is 1. The minimum Gasteiger partial charge on any atom is -0.474 e. The van der Waals surface area contributed by atoms with Crippen LogP contribution < -0.4 is 4.74 Å². The van der Waals surface area contributed by atoms with Crippen LogP contribution in [-0.2, 0) is 10.6 Å². The monoisotopic (exact) mass is 255 g/mol. The number of aryl methyl sites for hydroxylation is 2. The number of aromatic nitrogens is 1. The molecule has 1 fully saturated rings. The van der Waals surface area contributed by atoms with Gasteiger partial charge < -0.3 is 9.47 Å². The summed E-state index contributed by atoms with van der Waals surface area (Å²) in [6, 6.07) is 2.04. The Hall–Kier alpha value is -0.800. The summed E-state index contributed by atoms with van der Waals surface area (Å²) in [5, 5.41) is 0. The van der Waals surface area contributed by atoms with E-state index in [-0.39, 0.29) is 6.10 Å². The van der Waals surface area contributed by atoms with Gasteiger partial charge in [-0.2, -0.15) is 0 Å². The summed E-state index contributed by atoms with van der Waals surface area (Å²) >= 11 is 5.96. The zero-order valence-electron chi connectivity index (χ0n) is 10.3. The number of ether oxygens (including phenoxy) is 2. The zero-order chi connectivity index (χ0) is 12.3. The van der Waals surface area contributed by atoms with Gasteiger partial charge in [0.25, 0.3) is 0 Å². The van der Waals surface area contributed by atoms with Gasteiger partial charge in [-0.3, -0.25) is 0 Å². The molecule has 1 aliphatic heterocycles. The molecule has 3 nitrogen and oxygen atoms in total. The second kappa shape index (κ2) is 5.69. The van der Waals surface area contributed by atoms with Crippen LogP contribution in [0.4, 0.5) is 0 Å². The van der Waals surface area contributed by atoms with Crippen molar-refractivity contribution in [1.82, 2.24) is 4.98 Å². The summed E-state index contributed by atoms with van der Waals surface area (Å²) in [6.45, 7) is 5.56. The molecule has 0 aliphatic carbocycles. The van der Waals surface area contributed by atoms with Gasteiger partial charge in [0.1, 0.15) is 6.10 Å². The van der Waals surface area contributed by atoms with Crippen molar-refractivity contribution < 1.29 is 9.47 Å². The van der Waals surface area contributed by atoms with Crippen molar-refractivity contribution in [3.63, 3.8) is 0 Å². The van der Waals surface area contributed by atoms with Crippen LogP contribution in [0, 0.1) is 13.8 Å². The second-order valence-corrected chi connectivity index (χ2v) is 4.69. The van der Waals surface area contributed by atoms with Gasteiger partial charge in [0.2, 0.25) is 5.88 Å². The van der Waals surface area contributed by atoms with Gasteiger partial charge >= 0.3 is 0 Å². The summed E-state index contributed by atoms with van der Waals surface area (Å²) in [5.41, 5.74) is 3.12. The molecular weight excluding hydrogens is 238 g/mol. The molecule has 1 aromatic rings. The average molecular weight is 256 g/mol. The van der Waals surface area contributed by atoms with Gasteiger partial charge in [0.15, 0.2) is 0 Å². The molecule has 0 radical (unpaired) electrons. The Bertz CT molecular complexity index is 389. The van der Waals surface area contributed by atoms with Gasteiger partial charge in [-0.1, -0.05) is 0 Å². The molecule has 1 aromatic heterocycles. The third-order valence-electron chi connectivity index (χ3n) is 3.02. The largest absolute Gasteiger partial charge is 0.474 e. The molecule has 0 spiro atoms. The van der Waals surface area contributed by atoms with E-state index >= 15 is 0 Å². The first-order valence-corrected chi connectivity index (χ1v) is 6.51. The number of hydrogen-bond acceptors (Lipinski definition) is 3. The maximum absolute atomic E-state index is 5.96. The molecule has 1 saturated heterocycles. The molecule has 0 amide bonds. The fourth-order valence-corrected chi connectivity index (χ4v) is 2.37. The minimum absolute atomic E-state index is 0.208. The number of halogens is 1. The third-order valence-corrected chi connectivity index (χ3v) is 3.28. The highest BCUT2D eigenvalue weighted by Gasteiger charge is 2.18. The van der Waals surface area contributed by atoms with Crippen molar-refractivity contribution in [3.8, 4) is 5.88 Å². The number of rotatable bonds is 3. The van der Waals surface area contributed by atoms with Crippen molar-refractivity contribution in [2.45, 2.75) is 38.7 Å². The quantitative estimate of drug-likeness (QED) is 0.778. The Morgan fingerprint density at radius 3 is 2.76 bits per heavy atom. The van der Waals surface area contributed by atoms with Crippen LogP contribution in [0.25, 0.3) is 0 Å². The molecule has 4 heteroatoms. The standard InChI is InChI=1S/C13H18ClNO2/c1-9-7-10(2)15-13(12(9)8-14)17-11-3-5-16-6-4-11/h7,11H,3-6,8H2,1-2H3. The molecule has 0 unspecified atom stereocenters. The van der Waals surface area contributed by atoms with Crippen molar-refractivity contribution >= 4 is 11.6 Å². The first-order chi connectivity index (χ1) is 8.20. The van der Waals surface area contributed by atoms with Crippen molar-refractivity contribution in [1.29, 1.82) is 0 Å². The predicted octanol–water partition coefficient (Wildman–Crippen LogP) is 3.00. The molecule has 2 rings (SSSR count). The summed E-state index contributed by atoms with van der Waals surface area (Å²) in [6.07, 6.45) is 2.06. The fourth-order valence-electron chi connectivity index (χ4n) is 2.04. The zero-order valence-corrected chi connectivity index (χ0v) is 11.1. The first-order valence-electron chi connectivity index (χ1n) is 5.98.